The van der Waals surface area contributed by atoms with E-state index in [1.165, 1.54) is 0 Å². The molecule has 1 rings (SSSR count). The second-order valence-electron chi connectivity index (χ2n) is 2.76. The molecule has 6 heteroatoms. The third-order valence-electron chi connectivity index (χ3n) is 1.24. The maximum Gasteiger partial charge on any atom is 0.278 e. The SMILES string of the molecule is CC(F)(F)COc1cnc(C=O)cn1. The molecule has 0 saturated heterocycles. The van der Waals surface area contributed by atoms with Gasteiger partial charge in [-0.3, -0.25) is 4.79 Å². The number of carbonyl (C=O) groups excluding carboxylic acids is 1. The summed E-state index contributed by atoms with van der Waals surface area (Å²) < 4.78 is 29.3. The molecular weight excluding hydrogens is 194 g/mol. The Kier molecular flexibility index (Phi) is 3.06. The Labute approximate surface area is 78.9 Å². The summed E-state index contributed by atoms with van der Waals surface area (Å²) in [5.74, 6) is -2.94. The van der Waals surface area contributed by atoms with Crippen molar-refractivity contribution in [3.63, 3.8) is 0 Å². The molecule has 1 aromatic heterocycles. The first-order valence-corrected chi connectivity index (χ1v) is 3.79. The largest absolute Gasteiger partial charge is 0.470 e. The summed E-state index contributed by atoms with van der Waals surface area (Å²) in [5.41, 5.74) is 0.126. The minimum Gasteiger partial charge on any atom is -0.470 e. The molecule has 0 aliphatic heterocycles. The number of carbonyl (C=O) groups is 1. The molecule has 4 nitrogen and oxygen atoms in total. The van der Waals surface area contributed by atoms with E-state index in [0.29, 0.717) is 6.29 Å². The molecule has 0 aliphatic carbocycles. The van der Waals surface area contributed by atoms with Crippen molar-refractivity contribution in [3.05, 3.63) is 18.1 Å². The van der Waals surface area contributed by atoms with Crippen molar-refractivity contribution in [1.29, 1.82) is 0 Å². The summed E-state index contributed by atoms with van der Waals surface area (Å²) in [6.45, 7) is -0.0255. The van der Waals surface area contributed by atoms with Crippen molar-refractivity contribution >= 4 is 6.29 Å². The number of hydrogen-bond donors (Lipinski definition) is 0. The predicted molar refractivity (Wildman–Crippen MR) is 43.5 cm³/mol. The van der Waals surface area contributed by atoms with Crippen LogP contribution in [0.15, 0.2) is 12.4 Å². The van der Waals surface area contributed by atoms with Crippen LogP contribution < -0.4 is 4.74 Å². The van der Waals surface area contributed by atoms with E-state index in [1.807, 2.05) is 0 Å². The lowest BCUT2D eigenvalue weighted by Crippen LogP contribution is -2.21. The molecule has 0 aliphatic rings. The summed E-state index contributed by atoms with van der Waals surface area (Å²) in [5, 5.41) is 0. The van der Waals surface area contributed by atoms with Crippen molar-refractivity contribution in [2.75, 3.05) is 6.61 Å². The molecule has 0 amide bonds. The van der Waals surface area contributed by atoms with Crippen LogP contribution in [0, 0.1) is 0 Å². The molecular formula is C8H8F2N2O2. The molecule has 14 heavy (non-hydrogen) atoms. The maximum absolute atomic E-state index is 12.3. The van der Waals surface area contributed by atoms with Gasteiger partial charge in [-0.05, 0) is 0 Å². The van der Waals surface area contributed by atoms with Gasteiger partial charge in [0.25, 0.3) is 5.92 Å². The third kappa shape index (κ3) is 3.42. The van der Waals surface area contributed by atoms with Gasteiger partial charge in [0.2, 0.25) is 5.88 Å². The van der Waals surface area contributed by atoms with Crippen LogP contribution in [0.5, 0.6) is 5.88 Å². The molecule has 0 aromatic carbocycles. The molecule has 1 heterocycles. The molecule has 1 aromatic rings. The van der Waals surface area contributed by atoms with E-state index in [4.69, 9.17) is 0 Å². The highest BCUT2D eigenvalue weighted by molar-refractivity contribution is 5.70. The number of nitrogens with zero attached hydrogens (tertiary/aromatic N) is 2. The van der Waals surface area contributed by atoms with Gasteiger partial charge in [0.15, 0.2) is 12.9 Å². The fraction of sp³-hybridized carbons (Fsp3) is 0.375. The number of aromatic nitrogens is 2. The number of rotatable bonds is 4. The van der Waals surface area contributed by atoms with E-state index >= 15 is 0 Å². The average molecular weight is 202 g/mol. The van der Waals surface area contributed by atoms with Crippen molar-refractivity contribution in [3.8, 4) is 5.88 Å². The number of ether oxygens (including phenoxy) is 1. The Morgan fingerprint density at radius 3 is 2.64 bits per heavy atom. The Morgan fingerprint density at radius 2 is 2.21 bits per heavy atom. The number of hydrogen-bond acceptors (Lipinski definition) is 4. The van der Waals surface area contributed by atoms with Crippen LogP contribution in [0.25, 0.3) is 0 Å². The summed E-state index contributed by atoms with van der Waals surface area (Å²) >= 11 is 0. The van der Waals surface area contributed by atoms with Crippen LogP contribution in [-0.2, 0) is 0 Å². The van der Waals surface area contributed by atoms with Gasteiger partial charge in [0.1, 0.15) is 5.69 Å². The van der Waals surface area contributed by atoms with Crippen LogP contribution in [0.1, 0.15) is 17.4 Å². The first-order chi connectivity index (χ1) is 6.51. The van der Waals surface area contributed by atoms with E-state index in [-0.39, 0.29) is 11.6 Å². The summed E-state index contributed by atoms with van der Waals surface area (Å²) in [4.78, 5) is 17.4. The molecule has 76 valence electrons. The van der Waals surface area contributed by atoms with Crippen LogP contribution in [0.3, 0.4) is 0 Å². The predicted octanol–water partition coefficient (Wildman–Crippen LogP) is 1.32. The van der Waals surface area contributed by atoms with E-state index in [9.17, 15) is 13.6 Å². The van der Waals surface area contributed by atoms with Crippen LogP contribution in [0.2, 0.25) is 0 Å². The lowest BCUT2D eigenvalue weighted by Gasteiger charge is -2.10. The fourth-order valence-electron chi connectivity index (χ4n) is 0.662. The van der Waals surface area contributed by atoms with E-state index in [2.05, 4.69) is 14.7 Å². The highest BCUT2D eigenvalue weighted by Crippen LogP contribution is 2.13. The van der Waals surface area contributed by atoms with E-state index in [1.54, 1.807) is 0 Å². The Bertz CT molecular complexity index is 308. The Morgan fingerprint density at radius 1 is 1.50 bits per heavy atom. The van der Waals surface area contributed by atoms with E-state index in [0.717, 1.165) is 19.3 Å². The number of halogens is 2. The summed E-state index contributed by atoms with van der Waals surface area (Å²) in [6, 6.07) is 0. The van der Waals surface area contributed by atoms with Crippen molar-refractivity contribution < 1.29 is 18.3 Å². The van der Waals surface area contributed by atoms with E-state index < -0.39 is 12.5 Å². The third-order valence-corrected chi connectivity index (χ3v) is 1.24. The lowest BCUT2D eigenvalue weighted by atomic mass is 10.4. The second kappa shape index (κ2) is 4.08. The zero-order valence-corrected chi connectivity index (χ0v) is 7.41. The van der Waals surface area contributed by atoms with Gasteiger partial charge in [-0.1, -0.05) is 0 Å². The van der Waals surface area contributed by atoms with Crippen LogP contribution >= 0.6 is 0 Å². The zero-order chi connectivity index (χ0) is 10.6. The second-order valence-corrected chi connectivity index (χ2v) is 2.76. The van der Waals surface area contributed by atoms with Gasteiger partial charge in [-0.15, -0.1) is 0 Å². The monoisotopic (exact) mass is 202 g/mol. The highest BCUT2D eigenvalue weighted by Gasteiger charge is 2.22. The molecule has 0 bridgehead atoms. The van der Waals surface area contributed by atoms with Crippen molar-refractivity contribution in [1.82, 2.24) is 9.97 Å². The minimum atomic E-state index is -2.91. The smallest absolute Gasteiger partial charge is 0.278 e. The molecule has 0 atom stereocenters. The van der Waals surface area contributed by atoms with Crippen LogP contribution in [-0.4, -0.2) is 28.8 Å². The molecule has 0 unspecified atom stereocenters. The number of alkyl halides is 2. The average Bonchev–Trinajstić information content (AvgIpc) is 2.14. The van der Waals surface area contributed by atoms with Gasteiger partial charge in [-0.2, -0.15) is 0 Å². The Hall–Kier alpha value is -1.59. The minimum absolute atomic E-state index is 0.0304. The highest BCUT2D eigenvalue weighted by atomic mass is 19.3. The summed E-state index contributed by atoms with van der Waals surface area (Å²) in [6.07, 6.45) is 2.77. The quantitative estimate of drug-likeness (QED) is 0.691. The van der Waals surface area contributed by atoms with Gasteiger partial charge in [0.05, 0.1) is 12.4 Å². The topological polar surface area (TPSA) is 52.1 Å². The Balaban J connectivity index is 2.56. The van der Waals surface area contributed by atoms with Crippen molar-refractivity contribution in [2.45, 2.75) is 12.8 Å². The van der Waals surface area contributed by atoms with Gasteiger partial charge in [0, 0.05) is 6.92 Å². The lowest BCUT2D eigenvalue weighted by molar-refractivity contribution is -0.0243. The first kappa shape index (κ1) is 10.5. The van der Waals surface area contributed by atoms with Crippen LogP contribution in [0.4, 0.5) is 8.78 Å². The summed E-state index contributed by atoms with van der Waals surface area (Å²) in [7, 11) is 0. The fourth-order valence-corrected chi connectivity index (χ4v) is 0.662. The number of aldehydes is 1. The van der Waals surface area contributed by atoms with Gasteiger partial charge < -0.3 is 4.74 Å². The van der Waals surface area contributed by atoms with Crippen molar-refractivity contribution in [2.24, 2.45) is 0 Å². The molecule has 0 saturated carbocycles. The standard InChI is InChI=1S/C8H8F2N2O2/c1-8(9,10)5-14-7-3-11-6(4-13)2-12-7/h2-4H,5H2,1H3. The molecule has 0 radical (unpaired) electrons. The van der Waals surface area contributed by atoms with Gasteiger partial charge in [-0.25, -0.2) is 18.7 Å². The molecule has 0 N–H and O–H groups in total. The first-order valence-electron chi connectivity index (χ1n) is 3.79. The zero-order valence-electron chi connectivity index (χ0n) is 7.41. The molecule has 0 fully saturated rings. The normalized spacial score (nSPS) is 11.1. The maximum atomic E-state index is 12.3. The van der Waals surface area contributed by atoms with Gasteiger partial charge >= 0.3 is 0 Å². The molecule has 0 spiro atoms.